The van der Waals surface area contributed by atoms with Gasteiger partial charge in [-0.2, -0.15) is 4.98 Å². The van der Waals surface area contributed by atoms with E-state index in [4.69, 9.17) is 20.3 Å². The molecule has 1 aliphatic heterocycles. The van der Waals surface area contributed by atoms with Crippen LogP contribution in [-0.2, 0) is 9.47 Å². The second kappa shape index (κ2) is 6.36. The maximum absolute atomic E-state index is 11.6. The number of nitrogens with two attached hydrogens (primary N) is 1. The zero-order valence-electron chi connectivity index (χ0n) is 10.4. The molecule has 1 aromatic rings. The third kappa shape index (κ3) is 3.34. The molecule has 9 heteroatoms. The third-order valence-corrected chi connectivity index (χ3v) is 2.52. The second-order valence-corrected chi connectivity index (χ2v) is 3.90. The highest BCUT2D eigenvalue weighted by Crippen LogP contribution is 2.24. The van der Waals surface area contributed by atoms with E-state index in [1.54, 1.807) is 4.90 Å². The number of aromatic nitrogens is 2. The maximum atomic E-state index is 11.6. The SMILES string of the molecule is Nc1nc2c(c(=O)[nH]1)NCN2COCCOCCO. The van der Waals surface area contributed by atoms with Gasteiger partial charge in [-0.3, -0.25) is 9.78 Å². The van der Waals surface area contributed by atoms with Gasteiger partial charge >= 0.3 is 0 Å². The minimum atomic E-state index is -0.295. The molecular formula is C10H17N5O4. The van der Waals surface area contributed by atoms with Crippen molar-refractivity contribution in [3.63, 3.8) is 0 Å². The minimum absolute atomic E-state index is 0.00457. The Labute approximate surface area is 109 Å². The van der Waals surface area contributed by atoms with E-state index in [1.165, 1.54) is 0 Å². The van der Waals surface area contributed by atoms with Gasteiger partial charge in [-0.05, 0) is 0 Å². The van der Waals surface area contributed by atoms with E-state index in [9.17, 15) is 4.79 Å². The van der Waals surface area contributed by atoms with Gasteiger partial charge in [0, 0.05) is 0 Å². The maximum Gasteiger partial charge on any atom is 0.277 e. The van der Waals surface area contributed by atoms with E-state index in [0.717, 1.165) is 0 Å². The van der Waals surface area contributed by atoms with Gasteiger partial charge in [-0.25, -0.2) is 0 Å². The zero-order valence-corrected chi connectivity index (χ0v) is 10.4. The van der Waals surface area contributed by atoms with Crippen LogP contribution in [0.5, 0.6) is 0 Å². The van der Waals surface area contributed by atoms with Crippen LogP contribution in [0.25, 0.3) is 0 Å². The summed E-state index contributed by atoms with van der Waals surface area (Å²) >= 11 is 0. The van der Waals surface area contributed by atoms with Crippen LogP contribution in [0.15, 0.2) is 4.79 Å². The monoisotopic (exact) mass is 271 g/mol. The van der Waals surface area contributed by atoms with Crippen molar-refractivity contribution in [1.82, 2.24) is 9.97 Å². The Hall–Kier alpha value is -1.84. The first-order valence-electron chi connectivity index (χ1n) is 5.87. The van der Waals surface area contributed by atoms with Crippen LogP contribution < -0.4 is 21.5 Å². The molecular weight excluding hydrogens is 254 g/mol. The van der Waals surface area contributed by atoms with Crippen LogP contribution in [0, 0.1) is 0 Å². The summed E-state index contributed by atoms with van der Waals surface area (Å²) in [4.78, 5) is 19.8. The van der Waals surface area contributed by atoms with E-state index >= 15 is 0 Å². The molecule has 0 saturated carbocycles. The van der Waals surface area contributed by atoms with Crippen LogP contribution >= 0.6 is 0 Å². The van der Waals surface area contributed by atoms with Crippen molar-refractivity contribution < 1.29 is 14.6 Å². The molecule has 1 aliphatic rings. The topological polar surface area (TPSA) is 126 Å². The van der Waals surface area contributed by atoms with Crippen molar-refractivity contribution >= 4 is 17.5 Å². The van der Waals surface area contributed by atoms with Gasteiger partial charge in [0.25, 0.3) is 5.56 Å². The van der Waals surface area contributed by atoms with Gasteiger partial charge in [-0.15, -0.1) is 0 Å². The summed E-state index contributed by atoms with van der Waals surface area (Å²) in [7, 11) is 0. The van der Waals surface area contributed by atoms with Gasteiger partial charge in [-0.1, -0.05) is 0 Å². The lowest BCUT2D eigenvalue weighted by Gasteiger charge is -2.16. The molecule has 0 aliphatic carbocycles. The van der Waals surface area contributed by atoms with Gasteiger partial charge in [0.2, 0.25) is 5.95 Å². The van der Waals surface area contributed by atoms with Gasteiger partial charge in [0.05, 0.1) is 33.1 Å². The first-order chi connectivity index (χ1) is 9.22. The average Bonchev–Trinajstić information content (AvgIpc) is 2.77. The summed E-state index contributed by atoms with van der Waals surface area (Å²) in [6.07, 6.45) is 0. The lowest BCUT2D eigenvalue weighted by atomic mass is 10.5. The number of nitrogens with zero attached hydrogens (tertiary/aromatic N) is 2. The number of fused-ring (bicyclic) bond motifs is 1. The van der Waals surface area contributed by atoms with Crippen LogP contribution in [0.4, 0.5) is 17.5 Å². The van der Waals surface area contributed by atoms with Gasteiger partial charge in [0.1, 0.15) is 12.4 Å². The molecule has 19 heavy (non-hydrogen) atoms. The number of rotatable bonds is 7. The van der Waals surface area contributed by atoms with Crippen molar-refractivity contribution in [2.45, 2.75) is 0 Å². The summed E-state index contributed by atoms with van der Waals surface area (Å²) in [6.45, 7) is 1.80. The Morgan fingerprint density at radius 1 is 1.37 bits per heavy atom. The van der Waals surface area contributed by atoms with E-state index < -0.39 is 0 Å². The number of hydrogen-bond donors (Lipinski definition) is 4. The fraction of sp³-hybridized carbons (Fsp3) is 0.600. The normalized spacial score (nSPS) is 13.4. The number of aliphatic hydroxyl groups is 1. The Morgan fingerprint density at radius 2 is 2.16 bits per heavy atom. The second-order valence-electron chi connectivity index (χ2n) is 3.90. The highest BCUT2D eigenvalue weighted by Gasteiger charge is 2.23. The van der Waals surface area contributed by atoms with Crippen molar-refractivity contribution in [2.75, 3.05) is 55.8 Å². The molecule has 1 aromatic heterocycles. The Kier molecular flexibility index (Phi) is 4.55. The number of anilines is 3. The van der Waals surface area contributed by atoms with Crippen LogP contribution in [-0.4, -0.2) is 54.9 Å². The molecule has 0 aromatic carbocycles. The number of hydrogen-bond acceptors (Lipinski definition) is 8. The lowest BCUT2D eigenvalue weighted by Crippen LogP contribution is -2.27. The van der Waals surface area contributed by atoms with Crippen molar-refractivity contribution in [1.29, 1.82) is 0 Å². The predicted octanol–water partition coefficient (Wildman–Crippen LogP) is -1.48. The van der Waals surface area contributed by atoms with E-state index in [1.807, 2.05) is 0 Å². The number of nitrogens with one attached hydrogen (secondary N) is 2. The molecule has 0 spiro atoms. The van der Waals surface area contributed by atoms with Crippen LogP contribution in [0.1, 0.15) is 0 Å². The molecule has 0 fully saturated rings. The van der Waals surface area contributed by atoms with Crippen molar-refractivity contribution in [3.05, 3.63) is 10.4 Å². The quantitative estimate of drug-likeness (QED) is 0.443. The summed E-state index contributed by atoms with van der Waals surface area (Å²) < 4.78 is 10.4. The number of nitrogen functional groups attached to an aromatic ring is 1. The Morgan fingerprint density at radius 3 is 2.95 bits per heavy atom. The average molecular weight is 271 g/mol. The molecule has 106 valence electrons. The lowest BCUT2D eigenvalue weighted by molar-refractivity contribution is 0.0337. The van der Waals surface area contributed by atoms with E-state index in [0.29, 0.717) is 38.0 Å². The molecule has 0 amide bonds. The van der Waals surface area contributed by atoms with Crippen LogP contribution in [0.3, 0.4) is 0 Å². The van der Waals surface area contributed by atoms with Gasteiger partial charge < -0.3 is 30.5 Å². The van der Waals surface area contributed by atoms with Crippen LogP contribution in [0.2, 0.25) is 0 Å². The van der Waals surface area contributed by atoms with Crippen molar-refractivity contribution in [3.8, 4) is 0 Å². The number of ether oxygens (including phenoxy) is 2. The molecule has 0 radical (unpaired) electrons. The number of aliphatic hydroxyl groups excluding tert-OH is 1. The molecule has 9 nitrogen and oxygen atoms in total. The largest absolute Gasteiger partial charge is 0.394 e. The van der Waals surface area contributed by atoms with E-state index in [-0.39, 0.29) is 24.8 Å². The highest BCUT2D eigenvalue weighted by molar-refractivity contribution is 5.70. The number of H-pyrrole nitrogens is 1. The number of aromatic amines is 1. The molecule has 0 bridgehead atoms. The smallest absolute Gasteiger partial charge is 0.277 e. The first kappa shape index (κ1) is 13.6. The Bertz CT molecular complexity index is 477. The summed E-state index contributed by atoms with van der Waals surface area (Å²) in [5.41, 5.74) is 5.60. The molecule has 2 rings (SSSR count). The summed E-state index contributed by atoms with van der Waals surface area (Å²) in [5, 5.41) is 11.4. The zero-order chi connectivity index (χ0) is 13.7. The first-order valence-corrected chi connectivity index (χ1v) is 5.87. The standard InChI is InChI=1S/C10H17N5O4/c11-10-13-8-7(9(17)14-10)12-5-15(8)6-19-4-3-18-2-1-16/h12,16H,1-6H2,(H3,11,13,14,17). The third-order valence-electron chi connectivity index (χ3n) is 2.52. The molecule has 0 unspecified atom stereocenters. The van der Waals surface area contributed by atoms with E-state index in [2.05, 4.69) is 15.3 Å². The Balaban J connectivity index is 1.84. The highest BCUT2D eigenvalue weighted by atomic mass is 16.5. The molecule has 0 saturated heterocycles. The summed E-state index contributed by atoms with van der Waals surface area (Å²) in [5.74, 6) is 0.557. The molecule has 0 atom stereocenters. The fourth-order valence-corrected chi connectivity index (χ4v) is 1.68. The molecule has 2 heterocycles. The summed E-state index contributed by atoms with van der Waals surface area (Å²) in [6, 6.07) is 0. The minimum Gasteiger partial charge on any atom is -0.394 e. The van der Waals surface area contributed by atoms with Crippen molar-refractivity contribution in [2.24, 2.45) is 0 Å². The van der Waals surface area contributed by atoms with Gasteiger partial charge in [0.15, 0.2) is 5.82 Å². The predicted molar refractivity (Wildman–Crippen MR) is 69.0 cm³/mol. The fourth-order valence-electron chi connectivity index (χ4n) is 1.68. The molecule has 5 N–H and O–H groups in total.